The number of amides is 1. The maximum atomic E-state index is 12.6. The van der Waals surface area contributed by atoms with Crippen LogP contribution >= 0.6 is 0 Å². The first kappa shape index (κ1) is 15.8. The number of fused-ring (bicyclic) bond motifs is 2. The van der Waals surface area contributed by atoms with E-state index in [0.29, 0.717) is 22.8 Å². The van der Waals surface area contributed by atoms with Crippen LogP contribution in [0.25, 0.3) is 21.8 Å². The fourth-order valence-corrected chi connectivity index (χ4v) is 2.87. The number of aromatic nitrogens is 4. The smallest absolute Gasteiger partial charge is 0.277 e. The zero-order chi connectivity index (χ0) is 18.1. The van der Waals surface area contributed by atoms with Crippen molar-refractivity contribution in [3.05, 3.63) is 64.6 Å². The highest BCUT2D eigenvalue weighted by atomic mass is 16.2. The lowest BCUT2D eigenvalue weighted by Crippen LogP contribution is -2.34. The zero-order valence-electron chi connectivity index (χ0n) is 14.0. The van der Waals surface area contributed by atoms with E-state index < -0.39 is 5.91 Å². The van der Waals surface area contributed by atoms with Crippen molar-refractivity contribution in [1.29, 1.82) is 0 Å². The molecule has 0 saturated heterocycles. The van der Waals surface area contributed by atoms with Gasteiger partial charge in [0, 0.05) is 11.9 Å². The second-order valence-corrected chi connectivity index (χ2v) is 5.70. The number of carbonyl (C=O) groups excluding carboxylic acids is 1. The average Bonchev–Trinajstić information content (AvgIpc) is 3.10. The van der Waals surface area contributed by atoms with Crippen LogP contribution in [0.1, 0.15) is 17.4 Å². The SMILES string of the molecule is CCn1c(NNC(=O)c2n[nH]c3ccccc23)nc2ccccc2c1=O. The molecule has 0 radical (unpaired) electrons. The molecule has 0 bridgehead atoms. The molecule has 8 heteroatoms. The Hall–Kier alpha value is -3.68. The molecule has 0 fully saturated rings. The second-order valence-electron chi connectivity index (χ2n) is 5.70. The van der Waals surface area contributed by atoms with Gasteiger partial charge in [-0.2, -0.15) is 5.10 Å². The largest absolute Gasteiger partial charge is 0.290 e. The number of aromatic amines is 1. The van der Waals surface area contributed by atoms with Gasteiger partial charge in [0.2, 0.25) is 5.95 Å². The molecule has 1 amide bonds. The van der Waals surface area contributed by atoms with Gasteiger partial charge in [0.25, 0.3) is 11.5 Å². The fourth-order valence-electron chi connectivity index (χ4n) is 2.87. The predicted octanol–water partition coefficient (Wildman–Crippen LogP) is 2.05. The topological polar surface area (TPSA) is 105 Å². The van der Waals surface area contributed by atoms with Crippen LogP contribution in [0.15, 0.2) is 53.3 Å². The Morgan fingerprint density at radius 2 is 1.85 bits per heavy atom. The number of benzene rings is 2. The molecule has 4 rings (SSSR count). The molecular formula is C18H16N6O2. The van der Waals surface area contributed by atoms with E-state index >= 15 is 0 Å². The van der Waals surface area contributed by atoms with Crippen LogP contribution in [0.2, 0.25) is 0 Å². The van der Waals surface area contributed by atoms with Crippen LogP contribution in [0.3, 0.4) is 0 Å². The van der Waals surface area contributed by atoms with Crippen LogP contribution in [-0.4, -0.2) is 25.7 Å². The van der Waals surface area contributed by atoms with Crippen LogP contribution in [-0.2, 0) is 6.54 Å². The Bertz CT molecular complexity index is 1180. The highest BCUT2D eigenvalue weighted by molar-refractivity contribution is 6.04. The molecular weight excluding hydrogens is 332 g/mol. The highest BCUT2D eigenvalue weighted by Crippen LogP contribution is 2.15. The summed E-state index contributed by atoms with van der Waals surface area (Å²) in [4.78, 5) is 29.5. The van der Waals surface area contributed by atoms with E-state index in [-0.39, 0.29) is 17.2 Å². The van der Waals surface area contributed by atoms with Crippen molar-refractivity contribution in [2.75, 3.05) is 5.43 Å². The minimum absolute atomic E-state index is 0.167. The van der Waals surface area contributed by atoms with E-state index in [9.17, 15) is 9.59 Å². The average molecular weight is 348 g/mol. The van der Waals surface area contributed by atoms with Crippen molar-refractivity contribution in [2.45, 2.75) is 13.5 Å². The van der Waals surface area contributed by atoms with Gasteiger partial charge < -0.3 is 0 Å². The normalized spacial score (nSPS) is 11.0. The zero-order valence-corrected chi connectivity index (χ0v) is 14.0. The molecule has 0 spiro atoms. The first-order valence-corrected chi connectivity index (χ1v) is 8.18. The number of hydrogen-bond donors (Lipinski definition) is 3. The third-order valence-corrected chi connectivity index (χ3v) is 4.15. The highest BCUT2D eigenvalue weighted by Gasteiger charge is 2.15. The van der Waals surface area contributed by atoms with Gasteiger partial charge >= 0.3 is 0 Å². The number of hydrogen-bond acceptors (Lipinski definition) is 5. The summed E-state index contributed by atoms with van der Waals surface area (Å²) in [5.41, 5.74) is 6.74. The number of rotatable bonds is 4. The van der Waals surface area contributed by atoms with Gasteiger partial charge in [-0.25, -0.2) is 4.98 Å². The molecule has 2 aromatic carbocycles. The molecule has 0 aliphatic heterocycles. The summed E-state index contributed by atoms with van der Waals surface area (Å²) in [6.07, 6.45) is 0. The second kappa shape index (κ2) is 6.32. The Morgan fingerprint density at radius 3 is 2.65 bits per heavy atom. The summed E-state index contributed by atoms with van der Waals surface area (Å²) < 4.78 is 1.46. The van der Waals surface area contributed by atoms with Gasteiger partial charge in [0.05, 0.1) is 16.4 Å². The fraction of sp³-hybridized carbons (Fsp3) is 0.111. The van der Waals surface area contributed by atoms with Gasteiger partial charge in [-0.1, -0.05) is 30.3 Å². The third-order valence-electron chi connectivity index (χ3n) is 4.15. The van der Waals surface area contributed by atoms with Crippen molar-refractivity contribution in [2.24, 2.45) is 0 Å². The van der Waals surface area contributed by atoms with Crippen LogP contribution in [0, 0.1) is 0 Å². The number of anilines is 1. The van der Waals surface area contributed by atoms with E-state index in [4.69, 9.17) is 0 Å². The van der Waals surface area contributed by atoms with E-state index in [2.05, 4.69) is 26.0 Å². The van der Waals surface area contributed by atoms with Gasteiger partial charge in [-0.3, -0.25) is 30.1 Å². The summed E-state index contributed by atoms with van der Waals surface area (Å²) in [5.74, 6) is -0.156. The quantitative estimate of drug-likeness (QED) is 0.490. The molecule has 2 heterocycles. The summed E-state index contributed by atoms with van der Waals surface area (Å²) in [6.45, 7) is 2.26. The molecule has 130 valence electrons. The van der Waals surface area contributed by atoms with E-state index in [1.165, 1.54) is 4.57 Å². The van der Waals surface area contributed by atoms with Crippen molar-refractivity contribution >= 4 is 33.7 Å². The summed E-state index contributed by atoms with van der Waals surface area (Å²) in [6, 6.07) is 14.4. The van der Waals surface area contributed by atoms with Crippen LogP contribution in [0.5, 0.6) is 0 Å². The molecule has 0 saturated carbocycles. The van der Waals surface area contributed by atoms with Gasteiger partial charge in [0.15, 0.2) is 5.69 Å². The number of nitrogens with one attached hydrogen (secondary N) is 3. The molecule has 8 nitrogen and oxygen atoms in total. The summed E-state index contributed by atoms with van der Waals surface area (Å²) >= 11 is 0. The Morgan fingerprint density at radius 1 is 1.12 bits per heavy atom. The number of para-hydroxylation sites is 2. The van der Waals surface area contributed by atoms with Crippen LogP contribution < -0.4 is 16.4 Å². The van der Waals surface area contributed by atoms with Crippen molar-refractivity contribution in [3.8, 4) is 0 Å². The molecule has 0 aliphatic carbocycles. The van der Waals surface area contributed by atoms with E-state index in [1.807, 2.05) is 37.3 Å². The van der Waals surface area contributed by atoms with Crippen molar-refractivity contribution in [3.63, 3.8) is 0 Å². The molecule has 2 aromatic heterocycles. The maximum Gasteiger partial charge on any atom is 0.290 e. The molecule has 3 N–H and O–H groups in total. The first-order valence-electron chi connectivity index (χ1n) is 8.18. The summed E-state index contributed by atoms with van der Waals surface area (Å²) in [5, 5.41) is 8.11. The number of carbonyl (C=O) groups is 1. The lowest BCUT2D eigenvalue weighted by Gasteiger charge is -2.13. The minimum atomic E-state index is -0.424. The molecule has 0 atom stereocenters. The summed E-state index contributed by atoms with van der Waals surface area (Å²) in [7, 11) is 0. The minimum Gasteiger partial charge on any atom is -0.277 e. The Balaban J connectivity index is 1.65. The van der Waals surface area contributed by atoms with Crippen LogP contribution in [0.4, 0.5) is 5.95 Å². The number of nitrogens with zero attached hydrogens (tertiary/aromatic N) is 3. The molecule has 0 aliphatic rings. The molecule has 4 aromatic rings. The van der Waals surface area contributed by atoms with E-state index in [1.54, 1.807) is 18.2 Å². The monoisotopic (exact) mass is 348 g/mol. The Kier molecular flexibility index (Phi) is 3.85. The van der Waals surface area contributed by atoms with Gasteiger partial charge in [-0.05, 0) is 25.1 Å². The van der Waals surface area contributed by atoms with E-state index in [0.717, 1.165) is 5.52 Å². The molecule has 0 unspecified atom stereocenters. The number of hydrazine groups is 1. The maximum absolute atomic E-state index is 12.6. The lowest BCUT2D eigenvalue weighted by atomic mass is 10.2. The van der Waals surface area contributed by atoms with Gasteiger partial charge in [0.1, 0.15) is 0 Å². The number of H-pyrrole nitrogens is 1. The van der Waals surface area contributed by atoms with Gasteiger partial charge in [-0.15, -0.1) is 0 Å². The molecule has 26 heavy (non-hydrogen) atoms. The van der Waals surface area contributed by atoms with Crippen molar-refractivity contribution < 1.29 is 4.79 Å². The standard InChI is InChI=1S/C18H16N6O2/c1-2-24-17(26)12-8-4-5-9-13(12)19-18(24)23-22-16(25)15-11-7-3-6-10-14(11)20-21-15/h3-10H,2H2,1H3,(H,19,23)(H,20,21)(H,22,25). The van der Waals surface area contributed by atoms with Crippen molar-refractivity contribution in [1.82, 2.24) is 25.2 Å². The predicted molar refractivity (Wildman–Crippen MR) is 98.9 cm³/mol. The third kappa shape index (κ3) is 2.57. The first-order chi connectivity index (χ1) is 12.7. The lowest BCUT2D eigenvalue weighted by molar-refractivity contribution is 0.0958. The Labute approximate surface area is 147 Å².